The van der Waals surface area contributed by atoms with Crippen LogP contribution >= 0.6 is 0 Å². The van der Waals surface area contributed by atoms with Crippen LogP contribution in [0.2, 0.25) is 0 Å². The molecule has 4 heteroatoms. The maximum Gasteiger partial charge on any atom is 0.230 e. The van der Waals surface area contributed by atoms with Gasteiger partial charge in [0.1, 0.15) is 0 Å². The highest BCUT2D eigenvalue weighted by molar-refractivity contribution is 5.83. The Morgan fingerprint density at radius 3 is 2.72 bits per heavy atom. The summed E-state index contributed by atoms with van der Waals surface area (Å²) < 4.78 is 5.61. The van der Waals surface area contributed by atoms with Crippen molar-refractivity contribution in [1.29, 1.82) is 0 Å². The summed E-state index contributed by atoms with van der Waals surface area (Å²) in [7, 11) is 0. The molecule has 4 nitrogen and oxygen atoms in total. The van der Waals surface area contributed by atoms with Gasteiger partial charge < -0.3 is 15.4 Å². The minimum Gasteiger partial charge on any atom is -0.377 e. The molecule has 104 valence electrons. The minimum absolute atomic E-state index is 0.148. The summed E-state index contributed by atoms with van der Waals surface area (Å²) >= 11 is 0. The fraction of sp³-hybridized carbons (Fsp3) is 0.929. The first-order chi connectivity index (χ1) is 8.68. The molecule has 0 bridgehead atoms. The quantitative estimate of drug-likeness (QED) is 0.813. The van der Waals surface area contributed by atoms with E-state index >= 15 is 0 Å². The Morgan fingerprint density at radius 2 is 2.06 bits per heavy atom. The van der Waals surface area contributed by atoms with Gasteiger partial charge in [0.15, 0.2) is 0 Å². The second-order valence-electron chi connectivity index (χ2n) is 5.83. The first-order valence-corrected chi connectivity index (χ1v) is 7.29. The molecule has 0 spiro atoms. The molecule has 1 atom stereocenters. The van der Waals surface area contributed by atoms with Gasteiger partial charge in [-0.15, -0.1) is 0 Å². The van der Waals surface area contributed by atoms with Crippen LogP contribution in [0.1, 0.15) is 45.4 Å². The molecule has 0 aromatic heterocycles. The summed E-state index contributed by atoms with van der Waals surface area (Å²) in [6, 6.07) is 0. The summed E-state index contributed by atoms with van der Waals surface area (Å²) in [4.78, 5) is 14.8. The van der Waals surface area contributed by atoms with Gasteiger partial charge >= 0.3 is 0 Å². The third kappa shape index (κ3) is 2.86. The zero-order valence-electron chi connectivity index (χ0n) is 11.5. The molecule has 1 aliphatic carbocycles. The Bertz CT molecular complexity index is 288. The Balaban J connectivity index is 2.07. The Kier molecular flexibility index (Phi) is 4.62. The van der Waals surface area contributed by atoms with E-state index in [0.717, 1.165) is 51.8 Å². The van der Waals surface area contributed by atoms with Crippen LogP contribution in [-0.2, 0) is 9.53 Å². The van der Waals surface area contributed by atoms with Gasteiger partial charge in [-0.25, -0.2) is 0 Å². The monoisotopic (exact) mass is 254 g/mol. The van der Waals surface area contributed by atoms with E-state index in [0.29, 0.717) is 6.54 Å². The Hall–Kier alpha value is -0.610. The van der Waals surface area contributed by atoms with E-state index in [9.17, 15) is 4.79 Å². The fourth-order valence-corrected chi connectivity index (χ4v) is 3.25. The van der Waals surface area contributed by atoms with Crippen LogP contribution < -0.4 is 5.73 Å². The molecule has 1 aliphatic heterocycles. The van der Waals surface area contributed by atoms with Crippen LogP contribution in [0.4, 0.5) is 0 Å². The first-order valence-electron chi connectivity index (χ1n) is 7.29. The van der Waals surface area contributed by atoms with Crippen molar-refractivity contribution in [3.05, 3.63) is 0 Å². The van der Waals surface area contributed by atoms with Crippen LogP contribution in [0, 0.1) is 5.41 Å². The number of hydrogen-bond acceptors (Lipinski definition) is 3. The van der Waals surface area contributed by atoms with Crippen molar-refractivity contribution in [1.82, 2.24) is 4.90 Å². The van der Waals surface area contributed by atoms with Crippen LogP contribution in [0.3, 0.4) is 0 Å². The van der Waals surface area contributed by atoms with Crippen LogP contribution in [0.25, 0.3) is 0 Å². The average Bonchev–Trinajstić information content (AvgIpc) is 2.63. The lowest BCUT2D eigenvalue weighted by molar-refractivity contribution is -0.144. The maximum absolute atomic E-state index is 12.8. The molecular formula is C14H26N2O2. The molecule has 0 radical (unpaired) electrons. The zero-order valence-corrected chi connectivity index (χ0v) is 11.5. The summed E-state index contributed by atoms with van der Waals surface area (Å²) in [5, 5.41) is 0. The van der Waals surface area contributed by atoms with Crippen molar-refractivity contribution < 1.29 is 9.53 Å². The highest BCUT2D eigenvalue weighted by Crippen LogP contribution is 2.37. The van der Waals surface area contributed by atoms with Gasteiger partial charge in [0.25, 0.3) is 0 Å². The molecule has 0 aromatic rings. The van der Waals surface area contributed by atoms with Crippen molar-refractivity contribution in [2.45, 2.75) is 51.6 Å². The molecule has 1 unspecified atom stereocenters. The minimum atomic E-state index is -0.275. The first kappa shape index (κ1) is 13.8. The predicted octanol–water partition coefficient (Wildman–Crippen LogP) is 1.53. The number of hydrogen-bond donors (Lipinski definition) is 1. The lowest BCUT2D eigenvalue weighted by atomic mass is 9.73. The smallest absolute Gasteiger partial charge is 0.230 e. The number of nitrogens with zero attached hydrogens (tertiary/aromatic N) is 1. The lowest BCUT2D eigenvalue weighted by Crippen LogP contribution is -2.50. The molecule has 2 rings (SSSR count). The fourth-order valence-electron chi connectivity index (χ4n) is 3.25. The van der Waals surface area contributed by atoms with Crippen molar-refractivity contribution in [3.63, 3.8) is 0 Å². The number of ether oxygens (including phenoxy) is 1. The molecule has 1 amide bonds. The zero-order chi connectivity index (χ0) is 13.0. The molecule has 1 saturated heterocycles. The second-order valence-corrected chi connectivity index (χ2v) is 5.83. The molecule has 1 saturated carbocycles. The van der Waals surface area contributed by atoms with Crippen LogP contribution in [0.5, 0.6) is 0 Å². The van der Waals surface area contributed by atoms with Gasteiger partial charge in [-0.1, -0.05) is 19.3 Å². The van der Waals surface area contributed by atoms with Gasteiger partial charge in [-0.3, -0.25) is 4.79 Å². The van der Waals surface area contributed by atoms with Gasteiger partial charge in [-0.05, 0) is 26.2 Å². The highest BCUT2D eigenvalue weighted by atomic mass is 16.5. The molecule has 2 N–H and O–H groups in total. The van der Waals surface area contributed by atoms with Crippen molar-refractivity contribution >= 4 is 5.91 Å². The van der Waals surface area contributed by atoms with E-state index in [1.165, 1.54) is 6.42 Å². The molecule has 2 aliphatic rings. The standard InChI is InChI=1S/C14H26N2O2/c1-12-10-16(8-5-9-18-12)13(17)14(11-15)6-3-2-4-7-14/h12H,2-11,15H2,1H3. The molecule has 1 heterocycles. The number of carbonyl (C=O) groups excluding carboxylic acids is 1. The molecule has 2 fully saturated rings. The van der Waals surface area contributed by atoms with E-state index in [1.54, 1.807) is 0 Å². The van der Waals surface area contributed by atoms with E-state index in [4.69, 9.17) is 10.5 Å². The third-order valence-corrected chi connectivity index (χ3v) is 4.39. The highest BCUT2D eigenvalue weighted by Gasteiger charge is 2.41. The normalized spacial score (nSPS) is 28.8. The molecular weight excluding hydrogens is 228 g/mol. The van der Waals surface area contributed by atoms with E-state index in [1.807, 2.05) is 11.8 Å². The number of nitrogens with two attached hydrogens (primary N) is 1. The predicted molar refractivity (Wildman–Crippen MR) is 71.2 cm³/mol. The Labute approximate surface area is 110 Å². The summed E-state index contributed by atoms with van der Waals surface area (Å²) in [5.41, 5.74) is 5.67. The van der Waals surface area contributed by atoms with E-state index < -0.39 is 0 Å². The summed E-state index contributed by atoms with van der Waals surface area (Å²) in [6.07, 6.45) is 6.55. The van der Waals surface area contributed by atoms with E-state index in [-0.39, 0.29) is 17.4 Å². The number of rotatable bonds is 2. The topological polar surface area (TPSA) is 55.6 Å². The van der Waals surface area contributed by atoms with Crippen molar-refractivity contribution in [2.75, 3.05) is 26.2 Å². The maximum atomic E-state index is 12.8. The van der Waals surface area contributed by atoms with Crippen LogP contribution in [0.15, 0.2) is 0 Å². The molecule has 18 heavy (non-hydrogen) atoms. The summed E-state index contributed by atoms with van der Waals surface area (Å²) in [6.45, 7) is 4.85. The van der Waals surface area contributed by atoms with Crippen LogP contribution in [-0.4, -0.2) is 43.2 Å². The van der Waals surface area contributed by atoms with E-state index in [2.05, 4.69) is 0 Å². The largest absolute Gasteiger partial charge is 0.377 e. The van der Waals surface area contributed by atoms with Crippen molar-refractivity contribution in [3.8, 4) is 0 Å². The SMILES string of the molecule is CC1CN(C(=O)C2(CN)CCCCC2)CCCO1. The van der Waals surface area contributed by atoms with Gasteiger partial charge in [0.05, 0.1) is 11.5 Å². The van der Waals surface area contributed by atoms with Crippen molar-refractivity contribution in [2.24, 2.45) is 11.1 Å². The Morgan fingerprint density at radius 1 is 1.33 bits per heavy atom. The summed E-state index contributed by atoms with van der Waals surface area (Å²) in [5.74, 6) is 0.280. The number of carbonyl (C=O) groups is 1. The third-order valence-electron chi connectivity index (χ3n) is 4.39. The molecule has 0 aromatic carbocycles. The van der Waals surface area contributed by atoms with Gasteiger partial charge in [0.2, 0.25) is 5.91 Å². The second kappa shape index (κ2) is 6.02. The van der Waals surface area contributed by atoms with Gasteiger partial charge in [-0.2, -0.15) is 0 Å². The van der Waals surface area contributed by atoms with Gasteiger partial charge in [0, 0.05) is 26.2 Å². The lowest BCUT2D eigenvalue weighted by Gasteiger charge is -2.39. The average molecular weight is 254 g/mol. The number of amides is 1.